The predicted molar refractivity (Wildman–Crippen MR) is 92.0 cm³/mol. The summed E-state index contributed by atoms with van der Waals surface area (Å²) in [7, 11) is 0. The lowest BCUT2D eigenvalue weighted by Gasteiger charge is -2.22. The lowest BCUT2D eigenvalue weighted by molar-refractivity contribution is -0.159. The van der Waals surface area contributed by atoms with E-state index >= 15 is 0 Å². The van der Waals surface area contributed by atoms with Crippen molar-refractivity contribution in [3.05, 3.63) is 58.1 Å². The highest BCUT2D eigenvalue weighted by Gasteiger charge is 2.38. The van der Waals surface area contributed by atoms with Gasteiger partial charge >= 0.3 is 12.1 Å². The number of aromatic nitrogens is 2. The Morgan fingerprint density at radius 3 is 2.52 bits per heavy atom. The second-order valence-corrected chi connectivity index (χ2v) is 7.27. The summed E-state index contributed by atoms with van der Waals surface area (Å²) in [4.78, 5) is 19.2. The largest absolute Gasteiger partial charge is 0.471 e. The highest BCUT2D eigenvalue weighted by Crippen LogP contribution is 2.32. The zero-order valence-corrected chi connectivity index (χ0v) is 14.8. The molecule has 2 heterocycles. The number of rotatable bonds is 5. The van der Waals surface area contributed by atoms with E-state index < -0.39 is 12.1 Å². The molecule has 1 aromatic carbocycles. The lowest BCUT2D eigenvalue weighted by Crippen LogP contribution is -2.32. The van der Waals surface area contributed by atoms with Crippen LogP contribution < -0.4 is 0 Å². The molecule has 1 fully saturated rings. The van der Waals surface area contributed by atoms with Crippen LogP contribution >= 0.6 is 11.3 Å². The van der Waals surface area contributed by atoms with Gasteiger partial charge in [-0.2, -0.15) is 18.2 Å². The van der Waals surface area contributed by atoms with Gasteiger partial charge in [0.2, 0.25) is 5.82 Å². The molecule has 0 radical (unpaired) electrons. The quantitative estimate of drug-likeness (QED) is 0.635. The number of nitrogens with zero attached hydrogens (tertiary/aromatic N) is 3. The minimum atomic E-state index is -4.69. The molecule has 2 aromatic heterocycles. The van der Waals surface area contributed by atoms with Crippen LogP contribution in [0.5, 0.6) is 0 Å². The van der Waals surface area contributed by atoms with Crippen LogP contribution in [-0.2, 0) is 12.7 Å². The summed E-state index contributed by atoms with van der Waals surface area (Å²) in [6, 6.07) is 10.4. The second kappa shape index (κ2) is 6.80. The highest BCUT2D eigenvalue weighted by atomic mass is 32.1. The molecule has 1 aliphatic rings. The first kappa shape index (κ1) is 17.7. The van der Waals surface area contributed by atoms with Crippen molar-refractivity contribution in [1.82, 2.24) is 15.0 Å². The Hall–Kier alpha value is -2.68. The zero-order valence-electron chi connectivity index (χ0n) is 13.9. The van der Waals surface area contributed by atoms with Gasteiger partial charge in [0, 0.05) is 22.0 Å². The number of carbonyl (C=O) groups excluding carboxylic acids is 1. The van der Waals surface area contributed by atoms with E-state index in [0.29, 0.717) is 17.7 Å². The van der Waals surface area contributed by atoms with Crippen LogP contribution in [0.3, 0.4) is 0 Å². The third kappa shape index (κ3) is 3.87. The van der Waals surface area contributed by atoms with Crippen LogP contribution in [0.4, 0.5) is 13.2 Å². The molecule has 140 valence electrons. The Morgan fingerprint density at radius 2 is 1.96 bits per heavy atom. The van der Waals surface area contributed by atoms with Crippen molar-refractivity contribution in [3.63, 3.8) is 0 Å². The zero-order chi connectivity index (χ0) is 19.0. The van der Waals surface area contributed by atoms with E-state index in [1.54, 1.807) is 23.5 Å². The summed E-state index contributed by atoms with van der Waals surface area (Å²) < 4.78 is 41.9. The fraction of sp³-hybridized carbons (Fsp3) is 0.278. The van der Waals surface area contributed by atoms with Crippen LogP contribution in [0.15, 0.2) is 46.3 Å². The van der Waals surface area contributed by atoms with Gasteiger partial charge in [-0.25, -0.2) is 0 Å². The van der Waals surface area contributed by atoms with E-state index in [1.807, 2.05) is 22.4 Å². The number of amides is 1. The number of alkyl halides is 3. The van der Waals surface area contributed by atoms with Crippen LogP contribution in [0.1, 0.15) is 34.0 Å². The molecule has 0 saturated heterocycles. The van der Waals surface area contributed by atoms with Crippen molar-refractivity contribution in [2.75, 3.05) is 0 Å². The molecule has 0 spiro atoms. The maximum atomic E-state index is 12.9. The highest BCUT2D eigenvalue weighted by molar-refractivity contribution is 7.09. The van der Waals surface area contributed by atoms with E-state index in [1.165, 1.54) is 12.1 Å². The summed E-state index contributed by atoms with van der Waals surface area (Å²) in [5.74, 6) is -1.66. The summed E-state index contributed by atoms with van der Waals surface area (Å²) in [5.41, 5.74) is 0.823. The average molecular weight is 393 g/mol. The standard InChI is InChI=1S/C18H14F3N3O2S/c19-18(20,21)17-22-15(23-26-17)11-3-5-12(6-4-11)16(25)24(13-7-8-13)10-14-2-1-9-27-14/h1-6,9,13H,7-8,10H2. The first-order chi connectivity index (χ1) is 12.9. The van der Waals surface area contributed by atoms with E-state index in [9.17, 15) is 18.0 Å². The van der Waals surface area contributed by atoms with Crippen molar-refractivity contribution < 1.29 is 22.5 Å². The minimum absolute atomic E-state index is 0.0958. The number of thiophene rings is 1. The average Bonchev–Trinajstić information content (AvgIpc) is 3.13. The number of hydrogen-bond acceptors (Lipinski definition) is 5. The van der Waals surface area contributed by atoms with Gasteiger partial charge in [-0.05, 0) is 36.4 Å². The molecule has 0 N–H and O–H groups in total. The van der Waals surface area contributed by atoms with Crippen molar-refractivity contribution in [2.45, 2.75) is 31.6 Å². The molecule has 5 nitrogen and oxygen atoms in total. The van der Waals surface area contributed by atoms with E-state index in [4.69, 9.17) is 0 Å². The number of benzene rings is 1. The number of carbonyl (C=O) groups is 1. The number of halogens is 3. The molecule has 0 bridgehead atoms. The Bertz CT molecular complexity index is 932. The first-order valence-corrected chi connectivity index (χ1v) is 9.14. The van der Waals surface area contributed by atoms with Gasteiger partial charge in [-0.1, -0.05) is 23.4 Å². The fourth-order valence-corrected chi connectivity index (χ4v) is 3.41. The summed E-state index contributed by atoms with van der Waals surface area (Å²) in [6.45, 7) is 0.558. The van der Waals surface area contributed by atoms with Crippen molar-refractivity contribution in [3.8, 4) is 11.4 Å². The third-order valence-corrected chi connectivity index (χ3v) is 5.07. The fourth-order valence-electron chi connectivity index (χ4n) is 2.71. The maximum Gasteiger partial charge on any atom is 0.471 e. The van der Waals surface area contributed by atoms with Gasteiger partial charge in [-0.15, -0.1) is 11.3 Å². The smallest absolute Gasteiger partial charge is 0.331 e. The molecule has 0 aliphatic heterocycles. The topological polar surface area (TPSA) is 59.2 Å². The monoisotopic (exact) mass is 393 g/mol. The molecular weight excluding hydrogens is 379 g/mol. The van der Waals surface area contributed by atoms with E-state index in [-0.39, 0.29) is 17.8 Å². The van der Waals surface area contributed by atoms with Crippen LogP contribution in [-0.4, -0.2) is 27.0 Å². The molecule has 9 heteroatoms. The lowest BCUT2D eigenvalue weighted by atomic mass is 10.1. The van der Waals surface area contributed by atoms with E-state index in [0.717, 1.165) is 17.7 Å². The van der Waals surface area contributed by atoms with Gasteiger partial charge in [0.1, 0.15) is 0 Å². The third-order valence-electron chi connectivity index (χ3n) is 4.21. The molecular formula is C18H14F3N3O2S. The summed E-state index contributed by atoms with van der Waals surface area (Å²) in [6.07, 6.45) is -2.72. The molecule has 3 aromatic rings. The van der Waals surface area contributed by atoms with Gasteiger partial charge in [0.25, 0.3) is 5.91 Å². The van der Waals surface area contributed by atoms with Crippen molar-refractivity contribution in [2.24, 2.45) is 0 Å². The molecule has 27 heavy (non-hydrogen) atoms. The van der Waals surface area contributed by atoms with Crippen LogP contribution in [0.25, 0.3) is 11.4 Å². The van der Waals surface area contributed by atoms with Crippen molar-refractivity contribution in [1.29, 1.82) is 0 Å². The van der Waals surface area contributed by atoms with E-state index in [2.05, 4.69) is 14.7 Å². The second-order valence-electron chi connectivity index (χ2n) is 6.24. The Kier molecular flexibility index (Phi) is 4.47. The number of hydrogen-bond donors (Lipinski definition) is 0. The summed E-state index contributed by atoms with van der Waals surface area (Å²) >= 11 is 1.60. The van der Waals surface area contributed by atoms with Crippen LogP contribution in [0, 0.1) is 0 Å². The molecule has 0 unspecified atom stereocenters. The molecule has 4 rings (SSSR count). The first-order valence-electron chi connectivity index (χ1n) is 8.26. The molecule has 0 atom stereocenters. The SMILES string of the molecule is O=C(c1ccc(-c2noc(C(F)(F)F)n2)cc1)N(Cc1cccs1)C1CC1. The molecule has 1 amide bonds. The van der Waals surface area contributed by atoms with Gasteiger partial charge < -0.3 is 9.42 Å². The Labute approximate surface area is 156 Å². The van der Waals surface area contributed by atoms with Crippen LogP contribution in [0.2, 0.25) is 0 Å². The molecule has 1 saturated carbocycles. The normalized spacial score (nSPS) is 14.3. The van der Waals surface area contributed by atoms with Gasteiger partial charge in [0.05, 0.1) is 6.54 Å². The Morgan fingerprint density at radius 1 is 1.22 bits per heavy atom. The maximum absolute atomic E-state index is 12.9. The summed E-state index contributed by atoms with van der Waals surface area (Å²) in [5, 5.41) is 5.32. The Balaban J connectivity index is 1.52. The predicted octanol–water partition coefficient (Wildman–Crippen LogP) is 4.62. The van der Waals surface area contributed by atoms with Gasteiger partial charge in [-0.3, -0.25) is 4.79 Å². The minimum Gasteiger partial charge on any atom is -0.331 e. The van der Waals surface area contributed by atoms with Gasteiger partial charge in [0.15, 0.2) is 0 Å². The molecule has 1 aliphatic carbocycles. The van der Waals surface area contributed by atoms with Crippen molar-refractivity contribution >= 4 is 17.2 Å².